The number of nitrogens with one attached hydrogen (secondary N) is 2. The van der Waals surface area contributed by atoms with Gasteiger partial charge in [-0.15, -0.1) is 0 Å². The molecule has 0 heterocycles. The monoisotopic (exact) mass is 184 g/mol. The Kier molecular flexibility index (Phi) is 5.40. The van der Waals surface area contributed by atoms with Gasteiger partial charge in [-0.2, -0.15) is 0 Å². The van der Waals surface area contributed by atoms with Crippen molar-refractivity contribution >= 4 is 0 Å². The smallest absolute Gasteiger partial charge is 0.00700 e. The highest BCUT2D eigenvalue weighted by atomic mass is 14.9. The van der Waals surface area contributed by atoms with Gasteiger partial charge in [-0.05, 0) is 44.8 Å². The molecule has 1 saturated carbocycles. The van der Waals surface area contributed by atoms with Gasteiger partial charge in [-0.1, -0.05) is 20.3 Å². The molecule has 2 unspecified atom stereocenters. The van der Waals surface area contributed by atoms with Crippen LogP contribution in [0.1, 0.15) is 39.5 Å². The summed E-state index contributed by atoms with van der Waals surface area (Å²) < 4.78 is 0. The van der Waals surface area contributed by atoms with Crippen LogP contribution in [0.15, 0.2) is 0 Å². The van der Waals surface area contributed by atoms with Gasteiger partial charge in [0.2, 0.25) is 0 Å². The fourth-order valence-electron chi connectivity index (χ4n) is 2.30. The third-order valence-electron chi connectivity index (χ3n) is 2.96. The average molecular weight is 184 g/mol. The highest BCUT2D eigenvalue weighted by molar-refractivity contribution is 4.78. The van der Waals surface area contributed by atoms with Gasteiger partial charge in [-0.25, -0.2) is 0 Å². The summed E-state index contributed by atoms with van der Waals surface area (Å²) in [6.45, 7) is 7.85. The zero-order valence-electron chi connectivity index (χ0n) is 9.10. The standard InChI is InChI=1S/C11H24N2/c1-3-12-9-10-6-5-7-11(8-10)13-4-2/h10-13H,3-9H2,1-2H3. The van der Waals surface area contributed by atoms with Crippen molar-refractivity contribution < 1.29 is 0 Å². The zero-order valence-corrected chi connectivity index (χ0v) is 9.10. The van der Waals surface area contributed by atoms with Gasteiger partial charge in [0, 0.05) is 6.04 Å². The second-order valence-corrected chi connectivity index (χ2v) is 4.09. The minimum Gasteiger partial charge on any atom is -0.317 e. The predicted molar refractivity (Wildman–Crippen MR) is 58.0 cm³/mol. The van der Waals surface area contributed by atoms with Crippen LogP contribution in [0, 0.1) is 5.92 Å². The predicted octanol–water partition coefficient (Wildman–Crippen LogP) is 1.76. The maximum absolute atomic E-state index is 3.56. The van der Waals surface area contributed by atoms with E-state index in [-0.39, 0.29) is 0 Å². The summed E-state index contributed by atoms with van der Waals surface area (Å²) in [7, 11) is 0. The van der Waals surface area contributed by atoms with Crippen LogP contribution in [0.4, 0.5) is 0 Å². The second kappa shape index (κ2) is 6.39. The molecule has 2 atom stereocenters. The Balaban J connectivity index is 2.16. The molecule has 78 valence electrons. The lowest BCUT2D eigenvalue weighted by molar-refractivity contribution is 0.281. The molecule has 0 aromatic carbocycles. The van der Waals surface area contributed by atoms with E-state index in [1.807, 2.05) is 0 Å². The van der Waals surface area contributed by atoms with Gasteiger partial charge in [0.25, 0.3) is 0 Å². The summed E-state index contributed by atoms with van der Waals surface area (Å²) in [5.41, 5.74) is 0. The normalized spacial score (nSPS) is 29.1. The third-order valence-corrected chi connectivity index (χ3v) is 2.96. The van der Waals surface area contributed by atoms with Crippen LogP contribution in [0.25, 0.3) is 0 Å². The van der Waals surface area contributed by atoms with Crippen molar-refractivity contribution in [2.45, 2.75) is 45.6 Å². The van der Waals surface area contributed by atoms with Crippen LogP contribution < -0.4 is 10.6 Å². The molecule has 13 heavy (non-hydrogen) atoms. The van der Waals surface area contributed by atoms with Crippen molar-refractivity contribution in [3.05, 3.63) is 0 Å². The lowest BCUT2D eigenvalue weighted by atomic mass is 9.85. The molecule has 0 aromatic heterocycles. The summed E-state index contributed by atoms with van der Waals surface area (Å²) in [4.78, 5) is 0. The van der Waals surface area contributed by atoms with Gasteiger partial charge < -0.3 is 10.6 Å². The average Bonchev–Trinajstić information content (AvgIpc) is 2.16. The van der Waals surface area contributed by atoms with Crippen molar-refractivity contribution in [2.75, 3.05) is 19.6 Å². The maximum Gasteiger partial charge on any atom is 0.00700 e. The fourth-order valence-corrected chi connectivity index (χ4v) is 2.30. The summed E-state index contributed by atoms with van der Waals surface area (Å²) in [5.74, 6) is 0.915. The first kappa shape index (κ1) is 11.0. The van der Waals surface area contributed by atoms with Crippen molar-refractivity contribution in [1.82, 2.24) is 10.6 Å². The molecule has 1 aliphatic rings. The minimum absolute atomic E-state index is 0.794. The van der Waals surface area contributed by atoms with Gasteiger partial charge in [0.05, 0.1) is 0 Å². The first-order chi connectivity index (χ1) is 6.36. The molecule has 2 nitrogen and oxygen atoms in total. The van der Waals surface area contributed by atoms with Crippen molar-refractivity contribution in [3.63, 3.8) is 0 Å². The Hall–Kier alpha value is -0.0800. The SMILES string of the molecule is CCNCC1CCCC(NCC)C1. The van der Waals surface area contributed by atoms with E-state index >= 15 is 0 Å². The molecular weight excluding hydrogens is 160 g/mol. The van der Waals surface area contributed by atoms with Crippen molar-refractivity contribution in [3.8, 4) is 0 Å². The molecule has 0 bridgehead atoms. The Labute approximate surface area is 82.5 Å². The lowest BCUT2D eigenvalue weighted by Crippen LogP contribution is -2.37. The Morgan fingerprint density at radius 2 is 2.00 bits per heavy atom. The maximum atomic E-state index is 3.56. The highest BCUT2D eigenvalue weighted by Crippen LogP contribution is 2.23. The van der Waals surface area contributed by atoms with Gasteiger partial charge in [0.1, 0.15) is 0 Å². The summed E-state index contributed by atoms with van der Waals surface area (Å²) in [5, 5.41) is 7.02. The second-order valence-electron chi connectivity index (χ2n) is 4.09. The van der Waals surface area contributed by atoms with E-state index in [4.69, 9.17) is 0 Å². The molecule has 2 N–H and O–H groups in total. The molecular formula is C11H24N2. The fraction of sp³-hybridized carbons (Fsp3) is 1.00. The quantitative estimate of drug-likeness (QED) is 0.680. The topological polar surface area (TPSA) is 24.1 Å². The first-order valence-corrected chi connectivity index (χ1v) is 5.80. The van der Waals surface area contributed by atoms with Gasteiger partial charge in [-0.3, -0.25) is 0 Å². The molecule has 2 heteroatoms. The van der Waals surface area contributed by atoms with Crippen LogP contribution in [-0.2, 0) is 0 Å². The van der Waals surface area contributed by atoms with E-state index in [9.17, 15) is 0 Å². The molecule has 0 aliphatic heterocycles. The number of hydrogen-bond donors (Lipinski definition) is 2. The van der Waals surface area contributed by atoms with E-state index in [2.05, 4.69) is 24.5 Å². The molecule has 1 aliphatic carbocycles. The Morgan fingerprint density at radius 1 is 1.15 bits per heavy atom. The summed E-state index contributed by atoms with van der Waals surface area (Å²) in [6, 6.07) is 0.794. The van der Waals surface area contributed by atoms with E-state index in [1.54, 1.807) is 0 Å². The van der Waals surface area contributed by atoms with E-state index < -0.39 is 0 Å². The van der Waals surface area contributed by atoms with Crippen LogP contribution in [0.5, 0.6) is 0 Å². The summed E-state index contributed by atoms with van der Waals surface area (Å²) >= 11 is 0. The number of rotatable bonds is 5. The van der Waals surface area contributed by atoms with Crippen molar-refractivity contribution in [2.24, 2.45) is 5.92 Å². The van der Waals surface area contributed by atoms with Crippen LogP contribution in [0.2, 0.25) is 0 Å². The molecule has 0 radical (unpaired) electrons. The first-order valence-electron chi connectivity index (χ1n) is 5.80. The number of hydrogen-bond acceptors (Lipinski definition) is 2. The highest BCUT2D eigenvalue weighted by Gasteiger charge is 2.20. The van der Waals surface area contributed by atoms with E-state index in [1.165, 1.54) is 32.2 Å². The molecule has 0 amide bonds. The van der Waals surface area contributed by atoms with Crippen LogP contribution in [0.3, 0.4) is 0 Å². The zero-order chi connectivity index (χ0) is 9.52. The molecule has 0 spiro atoms. The Morgan fingerprint density at radius 3 is 2.69 bits per heavy atom. The van der Waals surface area contributed by atoms with Crippen molar-refractivity contribution in [1.29, 1.82) is 0 Å². The minimum atomic E-state index is 0.794. The van der Waals surface area contributed by atoms with Gasteiger partial charge in [0.15, 0.2) is 0 Å². The largest absolute Gasteiger partial charge is 0.317 e. The van der Waals surface area contributed by atoms with Gasteiger partial charge >= 0.3 is 0 Å². The van der Waals surface area contributed by atoms with E-state index in [0.29, 0.717) is 0 Å². The third kappa shape index (κ3) is 4.10. The van der Waals surface area contributed by atoms with Crippen LogP contribution in [-0.4, -0.2) is 25.7 Å². The van der Waals surface area contributed by atoms with Crippen LogP contribution >= 0.6 is 0 Å². The van der Waals surface area contributed by atoms with E-state index in [0.717, 1.165) is 25.0 Å². The summed E-state index contributed by atoms with van der Waals surface area (Å²) in [6.07, 6.45) is 5.60. The lowest BCUT2D eigenvalue weighted by Gasteiger charge is -2.29. The molecule has 1 fully saturated rings. The molecule has 1 rings (SSSR count). The molecule has 0 aromatic rings. The Bertz CT molecular complexity index is 123. The molecule has 0 saturated heterocycles.